The molecule has 0 aliphatic carbocycles. The molecule has 2 nitrogen and oxygen atoms in total. The highest BCUT2D eigenvalue weighted by Gasteiger charge is 2.11. The molecular weight excluding hydrogens is 148 g/mol. The topological polar surface area (TPSA) is 38.0 Å². The first-order chi connectivity index (χ1) is 5.75. The molecule has 0 amide bonds. The Kier molecular flexibility index (Phi) is 3.26. The summed E-state index contributed by atoms with van der Waals surface area (Å²) >= 11 is 0. The van der Waals surface area contributed by atoms with Crippen molar-refractivity contribution in [1.29, 1.82) is 0 Å². The Bertz CT molecular complexity index is 221. The zero-order chi connectivity index (χ0) is 8.97. The van der Waals surface area contributed by atoms with Gasteiger partial charge in [-0.1, -0.05) is 30.3 Å². The van der Waals surface area contributed by atoms with Crippen molar-refractivity contribution in [3.8, 4) is 0 Å². The van der Waals surface area contributed by atoms with Crippen LogP contribution in [0.1, 0.15) is 18.5 Å². The van der Waals surface area contributed by atoms with Crippen molar-refractivity contribution in [2.75, 3.05) is 7.05 Å². The van der Waals surface area contributed by atoms with Crippen LogP contribution < -0.4 is 11.1 Å². The van der Waals surface area contributed by atoms with Crippen molar-refractivity contribution in [2.45, 2.75) is 19.0 Å². The normalized spacial score (nSPS) is 15.6. The Morgan fingerprint density at radius 3 is 2.33 bits per heavy atom. The second-order valence-electron chi connectivity index (χ2n) is 3.01. The molecule has 0 saturated carbocycles. The van der Waals surface area contributed by atoms with Crippen molar-refractivity contribution in [3.63, 3.8) is 0 Å². The highest BCUT2D eigenvalue weighted by atomic mass is 14.9. The molecule has 12 heavy (non-hydrogen) atoms. The van der Waals surface area contributed by atoms with Crippen LogP contribution in [0.4, 0.5) is 0 Å². The average Bonchev–Trinajstić information content (AvgIpc) is 2.17. The lowest BCUT2D eigenvalue weighted by atomic mass is 10.0. The van der Waals surface area contributed by atoms with Gasteiger partial charge in [0.1, 0.15) is 0 Å². The Hall–Kier alpha value is -0.860. The summed E-state index contributed by atoms with van der Waals surface area (Å²) in [5.74, 6) is 0. The van der Waals surface area contributed by atoms with Crippen LogP contribution >= 0.6 is 0 Å². The van der Waals surface area contributed by atoms with E-state index < -0.39 is 0 Å². The Morgan fingerprint density at radius 1 is 1.25 bits per heavy atom. The zero-order valence-corrected chi connectivity index (χ0v) is 7.62. The van der Waals surface area contributed by atoms with Crippen molar-refractivity contribution >= 4 is 0 Å². The monoisotopic (exact) mass is 164 g/mol. The van der Waals surface area contributed by atoms with Crippen LogP contribution in [0.3, 0.4) is 0 Å². The maximum atomic E-state index is 5.99. The minimum absolute atomic E-state index is 0.0798. The largest absolute Gasteiger partial charge is 0.323 e. The van der Waals surface area contributed by atoms with Crippen LogP contribution in [0, 0.1) is 0 Å². The molecule has 0 saturated heterocycles. The van der Waals surface area contributed by atoms with Gasteiger partial charge in [-0.25, -0.2) is 0 Å². The molecular formula is C10H16N2. The van der Waals surface area contributed by atoms with Gasteiger partial charge in [0.15, 0.2) is 0 Å². The third-order valence-electron chi connectivity index (χ3n) is 2.18. The van der Waals surface area contributed by atoms with E-state index in [1.54, 1.807) is 0 Å². The van der Waals surface area contributed by atoms with Crippen LogP contribution in [0.25, 0.3) is 0 Å². The van der Waals surface area contributed by atoms with Crippen molar-refractivity contribution < 1.29 is 0 Å². The Labute approximate surface area is 73.8 Å². The molecule has 3 N–H and O–H groups in total. The fourth-order valence-electron chi connectivity index (χ4n) is 1.14. The quantitative estimate of drug-likeness (QED) is 0.706. The summed E-state index contributed by atoms with van der Waals surface area (Å²) in [6, 6.07) is 10.5. The molecule has 0 radical (unpaired) electrons. The smallest absolute Gasteiger partial charge is 0.0448 e. The Balaban J connectivity index is 2.71. The molecule has 0 heterocycles. The van der Waals surface area contributed by atoms with Crippen LogP contribution in [-0.4, -0.2) is 13.1 Å². The third-order valence-corrected chi connectivity index (χ3v) is 2.18. The lowest BCUT2D eigenvalue weighted by Gasteiger charge is -2.19. The van der Waals surface area contributed by atoms with Gasteiger partial charge in [-0.3, -0.25) is 0 Å². The van der Waals surface area contributed by atoms with Gasteiger partial charge in [0.05, 0.1) is 0 Å². The lowest BCUT2D eigenvalue weighted by molar-refractivity contribution is 0.507. The summed E-state index contributed by atoms with van der Waals surface area (Å²) in [6.45, 7) is 2.08. The predicted molar refractivity (Wildman–Crippen MR) is 51.9 cm³/mol. The highest BCUT2D eigenvalue weighted by Crippen LogP contribution is 2.12. The molecule has 0 aromatic heterocycles. The van der Waals surface area contributed by atoms with Crippen LogP contribution in [0.15, 0.2) is 30.3 Å². The van der Waals surface area contributed by atoms with E-state index in [-0.39, 0.29) is 6.04 Å². The second kappa shape index (κ2) is 4.24. The lowest BCUT2D eigenvalue weighted by Crippen LogP contribution is -2.34. The summed E-state index contributed by atoms with van der Waals surface area (Å²) in [7, 11) is 1.92. The van der Waals surface area contributed by atoms with Crippen molar-refractivity contribution in [1.82, 2.24) is 5.32 Å². The summed E-state index contributed by atoms with van der Waals surface area (Å²) in [4.78, 5) is 0. The van der Waals surface area contributed by atoms with Crippen molar-refractivity contribution in [3.05, 3.63) is 35.9 Å². The molecule has 1 rings (SSSR count). The van der Waals surface area contributed by atoms with E-state index in [1.807, 2.05) is 25.2 Å². The Morgan fingerprint density at radius 2 is 1.83 bits per heavy atom. The van der Waals surface area contributed by atoms with E-state index in [0.29, 0.717) is 6.04 Å². The first kappa shape index (κ1) is 9.23. The highest BCUT2D eigenvalue weighted by molar-refractivity contribution is 5.19. The minimum atomic E-state index is 0.0798. The SMILES string of the molecule is CNC(C)C(N)c1ccccc1. The van der Waals surface area contributed by atoms with Gasteiger partial charge in [0.2, 0.25) is 0 Å². The van der Waals surface area contributed by atoms with Gasteiger partial charge < -0.3 is 11.1 Å². The van der Waals surface area contributed by atoms with Gasteiger partial charge in [0, 0.05) is 12.1 Å². The summed E-state index contributed by atoms with van der Waals surface area (Å²) < 4.78 is 0. The first-order valence-corrected chi connectivity index (χ1v) is 4.23. The van der Waals surface area contributed by atoms with Gasteiger partial charge >= 0.3 is 0 Å². The molecule has 0 aliphatic heterocycles. The molecule has 0 spiro atoms. The maximum Gasteiger partial charge on any atom is 0.0448 e. The number of nitrogens with two attached hydrogens (primary N) is 1. The van der Waals surface area contributed by atoms with E-state index >= 15 is 0 Å². The molecule has 66 valence electrons. The minimum Gasteiger partial charge on any atom is -0.323 e. The van der Waals surface area contributed by atoms with E-state index in [4.69, 9.17) is 5.73 Å². The molecule has 1 aromatic carbocycles. The van der Waals surface area contributed by atoms with E-state index in [2.05, 4.69) is 24.4 Å². The van der Waals surface area contributed by atoms with Gasteiger partial charge in [-0.05, 0) is 19.5 Å². The number of nitrogens with one attached hydrogen (secondary N) is 1. The molecule has 2 atom stereocenters. The van der Waals surface area contributed by atoms with E-state index in [1.165, 1.54) is 5.56 Å². The summed E-state index contributed by atoms with van der Waals surface area (Å²) in [6.07, 6.45) is 0. The van der Waals surface area contributed by atoms with Gasteiger partial charge in [-0.2, -0.15) is 0 Å². The van der Waals surface area contributed by atoms with Gasteiger partial charge in [-0.15, -0.1) is 0 Å². The van der Waals surface area contributed by atoms with Crippen molar-refractivity contribution in [2.24, 2.45) is 5.73 Å². The van der Waals surface area contributed by atoms with Crippen LogP contribution in [0.2, 0.25) is 0 Å². The number of hydrogen-bond acceptors (Lipinski definition) is 2. The number of benzene rings is 1. The van der Waals surface area contributed by atoms with E-state index in [0.717, 1.165) is 0 Å². The van der Waals surface area contributed by atoms with Gasteiger partial charge in [0.25, 0.3) is 0 Å². The number of hydrogen-bond donors (Lipinski definition) is 2. The predicted octanol–water partition coefficient (Wildman–Crippen LogP) is 1.29. The van der Waals surface area contributed by atoms with Crippen LogP contribution in [0.5, 0.6) is 0 Å². The fraction of sp³-hybridized carbons (Fsp3) is 0.400. The average molecular weight is 164 g/mol. The molecule has 0 fully saturated rings. The van der Waals surface area contributed by atoms with E-state index in [9.17, 15) is 0 Å². The maximum absolute atomic E-state index is 5.99. The number of rotatable bonds is 3. The standard InChI is InChI=1S/C10H16N2/c1-8(12-2)10(11)9-6-4-3-5-7-9/h3-8,10,12H,11H2,1-2H3. The molecule has 2 heteroatoms. The molecule has 2 unspecified atom stereocenters. The summed E-state index contributed by atoms with van der Waals surface area (Å²) in [5, 5.41) is 3.14. The fourth-order valence-corrected chi connectivity index (χ4v) is 1.14. The molecule has 0 aliphatic rings. The molecule has 1 aromatic rings. The third kappa shape index (κ3) is 2.06. The number of likely N-dealkylation sites (N-methyl/N-ethyl adjacent to an activating group) is 1. The molecule has 0 bridgehead atoms. The van der Waals surface area contributed by atoms with Crippen LogP contribution in [-0.2, 0) is 0 Å². The summed E-state index contributed by atoms with van der Waals surface area (Å²) in [5.41, 5.74) is 7.17. The second-order valence-corrected chi connectivity index (χ2v) is 3.01. The first-order valence-electron chi connectivity index (χ1n) is 4.23. The zero-order valence-electron chi connectivity index (χ0n) is 7.62.